The number of aliphatic hydroxyl groups is 2. The first-order valence-electron chi connectivity index (χ1n) is 4.20. The Labute approximate surface area is 81.1 Å². The summed E-state index contributed by atoms with van der Waals surface area (Å²) >= 11 is 0. The highest BCUT2D eigenvalue weighted by atomic mass is 16.7. The topological polar surface area (TPSA) is 104 Å². The molecule has 0 fully saturated rings. The third kappa shape index (κ3) is 5.50. The molecule has 3 N–H and O–H groups in total. The van der Waals surface area contributed by atoms with Crippen molar-refractivity contribution < 1.29 is 29.6 Å². The van der Waals surface area contributed by atoms with Crippen LogP contribution in [0.1, 0.15) is 19.8 Å². The van der Waals surface area contributed by atoms with Crippen molar-refractivity contribution in [1.82, 2.24) is 0 Å². The normalized spacial score (nSPS) is 14.5. The molecule has 0 aliphatic heterocycles. The van der Waals surface area contributed by atoms with Crippen molar-refractivity contribution in [3.05, 3.63) is 0 Å². The molecule has 0 bridgehead atoms. The molecule has 0 amide bonds. The van der Waals surface area contributed by atoms with E-state index in [2.05, 4.69) is 4.74 Å². The van der Waals surface area contributed by atoms with Crippen LogP contribution >= 0.6 is 0 Å². The highest BCUT2D eigenvalue weighted by Gasteiger charge is 2.19. The molecule has 0 aliphatic rings. The molecule has 0 aromatic carbocycles. The minimum Gasteiger partial charge on any atom is -0.449 e. The monoisotopic (exact) mass is 206 g/mol. The van der Waals surface area contributed by atoms with Crippen LogP contribution in [-0.4, -0.2) is 40.2 Å². The van der Waals surface area contributed by atoms with E-state index in [1.54, 1.807) is 6.92 Å². The van der Waals surface area contributed by atoms with E-state index >= 15 is 0 Å². The molecule has 14 heavy (non-hydrogen) atoms. The second-order valence-electron chi connectivity index (χ2n) is 3.00. The Kier molecular flexibility index (Phi) is 5.82. The van der Waals surface area contributed by atoms with Gasteiger partial charge in [-0.25, -0.2) is 4.79 Å². The summed E-state index contributed by atoms with van der Waals surface area (Å²) in [4.78, 5) is 20.7. The van der Waals surface area contributed by atoms with Crippen molar-refractivity contribution in [2.24, 2.45) is 5.92 Å². The third-order valence-corrected chi connectivity index (χ3v) is 1.82. The molecule has 82 valence electrons. The Morgan fingerprint density at radius 2 is 2.00 bits per heavy atom. The van der Waals surface area contributed by atoms with Gasteiger partial charge in [0.05, 0.1) is 12.5 Å². The number of carboxylic acid groups (broad SMARTS) is 1. The Hall–Kier alpha value is -1.14. The van der Waals surface area contributed by atoms with Crippen LogP contribution in [-0.2, 0) is 9.53 Å². The van der Waals surface area contributed by atoms with E-state index < -0.39 is 18.2 Å². The number of esters is 1. The Morgan fingerprint density at radius 1 is 1.43 bits per heavy atom. The van der Waals surface area contributed by atoms with Crippen LogP contribution in [0.2, 0.25) is 0 Å². The van der Waals surface area contributed by atoms with E-state index in [1.807, 2.05) is 0 Å². The van der Waals surface area contributed by atoms with Gasteiger partial charge in [-0.1, -0.05) is 6.92 Å². The summed E-state index contributed by atoms with van der Waals surface area (Å²) in [5.74, 6) is -1.27. The summed E-state index contributed by atoms with van der Waals surface area (Å²) < 4.78 is 3.80. The van der Waals surface area contributed by atoms with Gasteiger partial charge in [0.15, 0.2) is 0 Å². The molecule has 0 spiro atoms. The largest absolute Gasteiger partial charge is 0.513 e. The first-order valence-corrected chi connectivity index (χ1v) is 4.20. The smallest absolute Gasteiger partial charge is 0.449 e. The minimum absolute atomic E-state index is 0.0911. The number of rotatable bonds is 5. The van der Waals surface area contributed by atoms with Crippen molar-refractivity contribution in [1.29, 1.82) is 0 Å². The lowest BCUT2D eigenvalue weighted by Gasteiger charge is -2.15. The summed E-state index contributed by atoms with van der Waals surface area (Å²) in [6.45, 7) is 1.56. The van der Waals surface area contributed by atoms with Crippen LogP contribution in [0.5, 0.6) is 0 Å². The fourth-order valence-corrected chi connectivity index (χ4v) is 0.907. The van der Waals surface area contributed by atoms with E-state index in [9.17, 15) is 14.7 Å². The Morgan fingerprint density at radius 3 is 2.43 bits per heavy atom. The van der Waals surface area contributed by atoms with Gasteiger partial charge in [-0.15, -0.1) is 0 Å². The second kappa shape index (κ2) is 6.33. The van der Waals surface area contributed by atoms with Gasteiger partial charge in [0.25, 0.3) is 0 Å². The van der Waals surface area contributed by atoms with Gasteiger partial charge in [0, 0.05) is 6.61 Å². The number of carbonyl (C=O) groups is 2. The molecular formula is C8H14O6. The second-order valence-corrected chi connectivity index (χ2v) is 3.00. The fourth-order valence-electron chi connectivity index (χ4n) is 0.907. The highest BCUT2D eigenvalue weighted by molar-refractivity contribution is 5.81. The van der Waals surface area contributed by atoms with E-state index in [1.165, 1.54) is 0 Å². The van der Waals surface area contributed by atoms with Crippen LogP contribution in [0, 0.1) is 5.92 Å². The van der Waals surface area contributed by atoms with E-state index in [0.29, 0.717) is 6.42 Å². The molecule has 0 heterocycles. The van der Waals surface area contributed by atoms with Gasteiger partial charge in [0.1, 0.15) is 0 Å². The molecular weight excluding hydrogens is 192 g/mol. The molecule has 2 unspecified atom stereocenters. The van der Waals surface area contributed by atoms with E-state index in [-0.39, 0.29) is 18.9 Å². The maximum Gasteiger partial charge on any atom is 0.513 e. The van der Waals surface area contributed by atoms with Crippen LogP contribution in [0.4, 0.5) is 4.79 Å². The number of hydrogen-bond donors (Lipinski definition) is 3. The molecule has 0 saturated carbocycles. The number of hydrogen-bond acceptors (Lipinski definition) is 5. The zero-order valence-corrected chi connectivity index (χ0v) is 7.84. The molecule has 0 saturated heterocycles. The van der Waals surface area contributed by atoms with Gasteiger partial charge >= 0.3 is 12.1 Å². The molecule has 2 atom stereocenters. The average molecular weight is 206 g/mol. The van der Waals surface area contributed by atoms with Gasteiger partial charge < -0.3 is 20.1 Å². The quantitative estimate of drug-likeness (QED) is 0.431. The average Bonchev–Trinajstić information content (AvgIpc) is 2.02. The number of carbonyl (C=O) groups excluding carboxylic acids is 1. The van der Waals surface area contributed by atoms with Crippen LogP contribution in [0.15, 0.2) is 0 Å². The summed E-state index contributed by atoms with van der Waals surface area (Å²) in [5, 5.41) is 25.9. The lowest BCUT2D eigenvalue weighted by molar-refractivity contribution is -0.141. The zero-order valence-electron chi connectivity index (χ0n) is 7.84. The van der Waals surface area contributed by atoms with E-state index in [4.69, 9.17) is 10.2 Å². The number of aliphatic hydroxyl groups excluding tert-OH is 2. The molecule has 6 nitrogen and oxygen atoms in total. The van der Waals surface area contributed by atoms with Crippen molar-refractivity contribution in [3.8, 4) is 0 Å². The van der Waals surface area contributed by atoms with Gasteiger partial charge in [0.2, 0.25) is 0 Å². The molecule has 0 radical (unpaired) electrons. The Balaban J connectivity index is 3.86. The zero-order chi connectivity index (χ0) is 11.1. The van der Waals surface area contributed by atoms with Crippen LogP contribution < -0.4 is 0 Å². The summed E-state index contributed by atoms with van der Waals surface area (Å²) in [7, 11) is 0. The van der Waals surface area contributed by atoms with Crippen molar-refractivity contribution in [2.45, 2.75) is 25.9 Å². The lowest BCUT2D eigenvalue weighted by Crippen LogP contribution is -2.24. The SMILES string of the molecule is CC(CCO)C(O)CC(=O)OC(=O)O. The maximum absolute atomic E-state index is 10.7. The van der Waals surface area contributed by atoms with Crippen molar-refractivity contribution in [2.75, 3.05) is 6.61 Å². The summed E-state index contributed by atoms with van der Waals surface area (Å²) in [6, 6.07) is 0. The van der Waals surface area contributed by atoms with Crippen LogP contribution in [0.25, 0.3) is 0 Å². The predicted molar refractivity (Wildman–Crippen MR) is 45.6 cm³/mol. The first-order chi connectivity index (χ1) is 6.47. The number of ether oxygens (including phenoxy) is 1. The minimum atomic E-state index is -1.68. The van der Waals surface area contributed by atoms with Crippen molar-refractivity contribution >= 4 is 12.1 Å². The maximum atomic E-state index is 10.7. The highest BCUT2D eigenvalue weighted by Crippen LogP contribution is 2.11. The third-order valence-electron chi connectivity index (χ3n) is 1.82. The lowest BCUT2D eigenvalue weighted by atomic mass is 9.99. The molecule has 0 aromatic heterocycles. The first kappa shape index (κ1) is 12.9. The summed E-state index contributed by atoms with van der Waals surface area (Å²) in [6.07, 6.45) is -2.71. The molecule has 0 aliphatic carbocycles. The predicted octanol–water partition coefficient (Wildman–Crippen LogP) is -0.0229. The van der Waals surface area contributed by atoms with Gasteiger partial charge in [-0.2, -0.15) is 0 Å². The van der Waals surface area contributed by atoms with Crippen molar-refractivity contribution in [3.63, 3.8) is 0 Å². The molecule has 6 heteroatoms. The molecule has 0 rings (SSSR count). The molecule has 0 aromatic rings. The fraction of sp³-hybridized carbons (Fsp3) is 0.750. The van der Waals surface area contributed by atoms with Gasteiger partial charge in [-0.05, 0) is 12.3 Å². The van der Waals surface area contributed by atoms with Gasteiger partial charge in [-0.3, -0.25) is 4.79 Å². The Bertz CT molecular complexity index is 202. The van der Waals surface area contributed by atoms with Crippen LogP contribution in [0.3, 0.4) is 0 Å². The van der Waals surface area contributed by atoms with E-state index in [0.717, 1.165) is 0 Å². The summed E-state index contributed by atoms with van der Waals surface area (Å²) in [5.41, 5.74) is 0. The standard InChI is InChI=1S/C8H14O6/c1-5(2-3-9)6(10)4-7(11)14-8(12)13/h5-6,9-10H,2-4H2,1H3,(H,12,13).